The van der Waals surface area contributed by atoms with Crippen molar-refractivity contribution in [3.63, 3.8) is 0 Å². The summed E-state index contributed by atoms with van der Waals surface area (Å²) in [4.78, 5) is 0. The second-order valence-corrected chi connectivity index (χ2v) is 5.92. The van der Waals surface area contributed by atoms with Gasteiger partial charge in [-0.3, -0.25) is 0 Å². The molecule has 1 aromatic carbocycles. The molecule has 0 aliphatic heterocycles. The summed E-state index contributed by atoms with van der Waals surface area (Å²) < 4.78 is 26.4. The van der Waals surface area contributed by atoms with Gasteiger partial charge in [0.25, 0.3) is 0 Å². The molecule has 1 unspecified atom stereocenters. The smallest absolute Gasteiger partial charge is 0.173 e. The first-order valence-corrected chi connectivity index (χ1v) is 6.40. The lowest BCUT2D eigenvalue weighted by Gasteiger charge is -2.12. The number of rotatable bonds is 2. The van der Waals surface area contributed by atoms with E-state index in [2.05, 4.69) is 27.8 Å². The average Bonchev–Trinajstić information content (AvgIpc) is 2.24. The van der Waals surface area contributed by atoms with E-state index < -0.39 is 17.7 Å². The largest absolute Gasteiger partial charge is 0.323 e. The molecule has 98 valence electrons. The molecule has 1 nitrogen and oxygen atoms in total. The number of halogens is 3. The first kappa shape index (κ1) is 15.1. The second kappa shape index (κ2) is 5.81. The van der Waals surface area contributed by atoms with E-state index in [9.17, 15) is 8.78 Å². The van der Waals surface area contributed by atoms with Crippen molar-refractivity contribution >= 4 is 15.9 Å². The van der Waals surface area contributed by atoms with Crippen molar-refractivity contribution in [2.24, 2.45) is 11.1 Å². The number of hydrogen-bond donors (Lipinski definition) is 1. The summed E-state index contributed by atoms with van der Waals surface area (Å²) in [6.45, 7) is 6.00. The lowest BCUT2D eigenvalue weighted by molar-refractivity contribution is 0.500. The molecule has 0 radical (unpaired) electrons. The topological polar surface area (TPSA) is 26.0 Å². The molecule has 0 fully saturated rings. The summed E-state index contributed by atoms with van der Waals surface area (Å²) in [5, 5.41) is 0. The van der Waals surface area contributed by atoms with Crippen molar-refractivity contribution in [2.45, 2.75) is 33.2 Å². The average molecular weight is 316 g/mol. The van der Waals surface area contributed by atoms with Crippen molar-refractivity contribution < 1.29 is 8.78 Å². The standard InChI is InChI=1S/C14H16BrF2N/c1-14(2,3)8-4-5-11(18)9-6-7-10(16)13(17)12(9)15/h6-7,11H,5,18H2,1-3H3. The maximum Gasteiger partial charge on any atom is 0.173 e. The van der Waals surface area contributed by atoms with Gasteiger partial charge in [0.2, 0.25) is 0 Å². The van der Waals surface area contributed by atoms with E-state index in [0.717, 1.165) is 6.07 Å². The van der Waals surface area contributed by atoms with E-state index in [1.807, 2.05) is 20.8 Å². The summed E-state index contributed by atoms with van der Waals surface area (Å²) in [6.07, 6.45) is 0.404. The Morgan fingerprint density at radius 3 is 2.50 bits per heavy atom. The Balaban J connectivity index is 2.88. The van der Waals surface area contributed by atoms with Crippen LogP contribution in [0.25, 0.3) is 0 Å². The normalized spacial score (nSPS) is 12.8. The molecule has 4 heteroatoms. The van der Waals surface area contributed by atoms with Crippen molar-refractivity contribution in [1.29, 1.82) is 0 Å². The van der Waals surface area contributed by atoms with Crippen LogP contribution in [0.3, 0.4) is 0 Å². The first-order valence-electron chi connectivity index (χ1n) is 5.61. The Morgan fingerprint density at radius 2 is 1.94 bits per heavy atom. The van der Waals surface area contributed by atoms with Crippen LogP contribution in [0.4, 0.5) is 8.78 Å². The van der Waals surface area contributed by atoms with E-state index in [1.165, 1.54) is 6.07 Å². The van der Waals surface area contributed by atoms with Gasteiger partial charge in [-0.15, -0.1) is 5.92 Å². The molecule has 0 bridgehead atoms. The number of hydrogen-bond acceptors (Lipinski definition) is 1. The molecule has 0 saturated heterocycles. The first-order chi connectivity index (χ1) is 8.22. The van der Waals surface area contributed by atoms with Crippen LogP contribution in [0.1, 0.15) is 38.8 Å². The molecule has 0 aliphatic rings. The highest BCUT2D eigenvalue weighted by Crippen LogP contribution is 2.28. The van der Waals surface area contributed by atoms with E-state index >= 15 is 0 Å². The molecule has 0 aromatic heterocycles. The van der Waals surface area contributed by atoms with E-state index in [1.54, 1.807) is 0 Å². The Bertz CT molecular complexity index is 495. The molecule has 1 aromatic rings. The lowest BCUT2D eigenvalue weighted by atomic mass is 9.97. The SMILES string of the molecule is CC(C)(C)C#CCC(N)c1ccc(F)c(F)c1Br. The van der Waals surface area contributed by atoms with E-state index in [4.69, 9.17) is 5.73 Å². The van der Waals surface area contributed by atoms with Crippen molar-refractivity contribution in [3.8, 4) is 11.8 Å². The predicted octanol–water partition coefficient (Wildman–Crippen LogP) is 4.17. The summed E-state index contributed by atoms with van der Waals surface area (Å²) in [5.41, 5.74) is 6.36. The van der Waals surface area contributed by atoms with Gasteiger partial charge in [-0.25, -0.2) is 8.78 Å². The maximum absolute atomic E-state index is 13.3. The zero-order valence-electron chi connectivity index (χ0n) is 10.7. The van der Waals surface area contributed by atoms with Crippen molar-refractivity contribution in [2.75, 3.05) is 0 Å². The predicted molar refractivity (Wildman–Crippen MR) is 72.8 cm³/mol. The minimum Gasteiger partial charge on any atom is -0.323 e. The van der Waals surface area contributed by atoms with Crippen LogP contribution in [-0.2, 0) is 0 Å². The van der Waals surface area contributed by atoms with Crippen LogP contribution in [-0.4, -0.2) is 0 Å². The Kier molecular flexibility index (Phi) is 4.89. The van der Waals surface area contributed by atoms with Gasteiger partial charge in [0.15, 0.2) is 11.6 Å². The molecule has 1 atom stereocenters. The maximum atomic E-state index is 13.3. The van der Waals surface area contributed by atoms with Crippen LogP contribution in [0.2, 0.25) is 0 Å². The van der Waals surface area contributed by atoms with E-state index in [-0.39, 0.29) is 9.89 Å². The van der Waals surface area contributed by atoms with Gasteiger partial charge in [0.1, 0.15) is 0 Å². The highest BCUT2D eigenvalue weighted by atomic mass is 79.9. The number of benzene rings is 1. The summed E-state index contributed by atoms with van der Waals surface area (Å²) in [5.74, 6) is 4.23. The molecular formula is C14H16BrF2N. The van der Waals surface area contributed by atoms with Crippen LogP contribution in [0.5, 0.6) is 0 Å². The monoisotopic (exact) mass is 315 g/mol. The molecular weight excluding hydrogens is 300 g/mol. The van der Waals surface area contributed by atoms with Gasteiger partial charge in [-0.05, 0) is 48.3 Å². The van der Waals surface area contributed by atoms with Gasteiger partial charge in [0, 0.05) is 17.9 Å². The Labute approximate surface area is 115 Å². The molecule has 0 saturated carbocycles. The summed E-state index contributed by atoms with van der Waals surface area (Å²) in [7, 11) is 0. The molecule has 18 heavy (non-hydrogen) atoms. The fourth-order valence-electron chi connectivity index (χ4n) is 1.36. The third-order valence-corrected chi connectivity index (χ3v) is 3.06. The highest BCUT2D eigenvalue weighted by molar-refractivity contribution is 9.10. The number of nitrogens with two attached hydrogens (primary N) is 1. The van der Waals surface area contributed by atoms with Gasteiger partial charge in [-0.1, -0.05) is 12.0 Å². The zero-order chi connectivity index (χ0) is 13.9. The second-order valence-electron chi connectivity index (χ2n) is 5.13. The Hall–Kier alpha value is -0.920. The fourth-order valence-corrected chi connectivity index (χ4v) is 1.98. The third kappa shape index (κ3) is 4.08. The van der Waals surface area contributed by atoms with Crippen molar-refractivity contribution in [1.82, 2.24) is 0 Å². The highest BCUT2D eigenvalue weighted by Gasteiger charge is 2.15. The molecule has 1 rings (SSSR count). The van der Waals surface area contributed by atoms with Crippen LogP contribution in [0, 0.1) is 28.9 Å². The molecule has 0 heterocycles. The van der Waals surface area contributed by atoms with Crippen molar-refractivity contribution in [3.05, 3.63) is 33.8 Å². The molecule has 2 N–H and O–H groups in total. The van der Waals surface area contributed by atoms with E-state index in [0.29, 0.717) is 12.0 Å². The van der Waals surface area contributed by atoms with Gasteiger partial charge >= 0.3 is 0 Å². The molecule has 0 aliphatic carbocycles. The van der Waals surface area contributed by atoms with Gasteiger partial charge in [0.05, 0.1) is 4.47 Å². The van der Waals surface area contributed by atoms with Crippen LogP contribution in [0.15, 0.2) is 16.6 Å². The summed E-state index contributed by atoms with van der Waals surface area (Å²) in [6, 6.07) is 2.11. The van der Waals surface area contributed by atoms with Crippen LogP contribution < -0.4 is 5.73 Å². The Morgan fingerprint density at radius 1 is 1.33 bits per heavy atom. The minimum absolute atomic E-state index is 0.0764. The quantitative estimate of drug-likeness (QED) is 0.643. The van der Waals surface area contributed by atoms with Gasteiger partial charge in [-0.2, -0.15) is 0 Å². The fraction of sp³-hybridized carbons (Fsp3) is 0.429. The molecule has 0 amide bonds. The minimum atomic E-state index is -0.910. The summed E-state index contributed by atoms with van der Waals surface area (Å²) >= 11 is 3.02. The van der Waals surface area contributed by atoms with Crippen LogP contribution >= 0.6 is 15.9 Å². The van der Waals surface area contributed by atoms with Gasteiger partial charge < -0.3 is 5.73 Å². The third-order valence-electron chi connectivity index (χ3n) is 2.25. The lowest BCUT2D eigenvalue weighted by Crippen LogP contribution is -2.11. The molecule has 0 spiro atoms. The zero-order valence-corrected chi connectivity index (χ0v) is 12.2.